The van der Waals surface area contributed by atoms with Gasteiger partial charge in [-0.05, 0) is 64.7 Å². The average molecular weight is 344 g/mol. The molecule has 1 spiro atoms. The van der Waals surface area contributed by atoms with E-state index in [2.05, 4.69) is 5.32 Å². The molecule has 1 aromatic rings. The smallest absolute Gasteiger partial charge is 0.410 e. The summed E-state index contributed by atoms with van der Waals surface area (Å²) in [6, 6.07) is 5.95. The summed E-state index contributed by atoms with van der Waals surface area (Å²) < 4.78 is 5.39. The zero-order valence-electron chi connectivity index (χ0n) is 15.8. The molecule has 2 aliphatic rings. The van der Waals surface area contributed by atoms with Crippen molar-refractivity contribution in [3.63, 3.8) is 0 Å². The van der Waals surface area contributed by atoms with Crippen molar-refractivity contribution in [3.05, 3.63) is 29.3 Å². The number of hydrogen-bond acceptors (Lipinski definition) is 3. The van der Waals surface area contributed by atoms with Gasteiger partial charge in [0.05, 0.1) is 0 Å². The maximum absolute atomic E-state index is 12.5. The third-order valence-corrected chi connectivity index (χ3v) is 5.30. The second-order valence-corrected chi connectivity index (χ2v) is 8.68. The number of carbonyl (C=O) groups excluding carboxylic acids is 2. The number of likely N-dealkylation sites (tertiary alicyclic amines) is 1. The zero-order chi connectivity index (χ0) is 18.4. The van der Waals surface area contributed by atoms with Gasteiger partial charge in [0.15, 0.2) is 0 Å². The van der Waals surface area contributed by atoms with E-state index in [4.69, 9.17) is 4.74 Å². The van der Waals surface area contributed by atoms with Crippen LogP contribution in [-0.4, -0.2) is 35.6 Å². The van der Waals surface area contributed by atoms with E-state index in [-0.39, 0.29) is 23.3 Å². The number of benzene rings is 1. The van der Waals surface area contributed by atoms with Crippen LogP contribution in [-0.2, 0) is 9.53 Å². The van der Waals surface area contributed by atoms with E-state index < -0.39 is 5.60 Å². The molecule has 0 radical (unpaired) electrons. The highest BCUT2D eigenvalue weighted by atomic mass is 16.6. The van der Waals surface area contributed by atoms with Crippen LogP contribution in [0.2, 0.25) is 0 Å². The van der Waals surface area contributed by atoms with Crippen molar-refractivity contribution in [1.29, 1.82) is 0 Å². The fraction of sp³-hybridized carbons (Fsp3) is 0.600. The lowest BCUT2D eigenvalue weighted by Crippen LogP contribution is -2.65. The Labute approximate surface area is 149 Å². The van der Waals surface area contributed by atoms with Gasteiger partial charge in [-0.3, -0.25) is 4.79 Å². The van der Waals surface area contributed by atoms with Gasteiger partial charge < -0.3 is 15.0 Å². The van der Waals surface area contributed by atoms with E-state index >= 15 is 0 Å². The largest absolute Gasteiger partial charge is 0.444 e. The van der Waals surface area contributed by atoms with Crippen LogP contribution in [0.25, 0.3) is 0 Å². The molecule has 1 N–H and O–H groups in total. The molecule has 25 heavy (non-hydrogen) atoms. The number of hydrogen-bond donors (Lipinski definition) is 1. The van der Waals surface area contributed by atoms with Gasteiger partial charge in [-0.2, -0.15) is 0 Å². The molecule has 0 atom stereocenters. The SMILES string of the molecule is Cc1cccc(NC(=O)C2CC3(C2)CN(C(=O)OC(C)(C)C)C3)c1C. The predicted molar refractivity (Wildman–Crippen MR) is 97.5 cm³/mol. The summed E-state index contributed by atoms with van der Waals surface area (Å²) in [6.45, 7) is 11.1. The van der Waals surface area contributed by atoms with E-state index in [0.717, 1.165) is 24.1 Å². The summed E-state index contributed by atoms with van der Waals surface area (Å²) in [7, 11) is 0. The van der Waals surface area contributed by atoms with Gasteiger partial charge in [-0.25, -0.2) is 4.79 Å². The zero-order valence-corrected chi connectivity index (χ0v) is 15.8. The predicted octanol–water partition coefficient (Wildman–Crippen LogP) is 3.89. The Bertz CT molecular complexity index is 691. The van der Waals surface area contributed by atoms with Crippen LogP contribution in [0.5, 0.6) is 0 Å². The number of carbonyl (C=O) groups is 2. The Morgan fingerprint density at radius 1 is 1.20 bits per heavy atom. The number of ether oxygens (including phenoxy) is 1. The van der Waals surface area contributed by atoms with Gasteiger partial charge in [-0.15, -0.1) is 0 Å². The van der Waals surface area contributed by atoms with Gasteiger partial charge in [-0.1, -0.05) is 12.1 Å². The highest BCUT2D eigenvalue weighted by Gasteiger charge is 2.56. The third-order valence-electron chi connectivity index (χ3n) is 5.30. The summed E-state index contributed by atoms with van der Waals surface area (Å²) in [5.74, 6) is 0.135. The maximum Gasteiger partial charge on any atom is 0.410 e. The Hall–Kier alpha value is -2.04. The van der Waals surface area contributed by atoms with Crippen molar-refractivity contribution in [2.45, 2.75) is 53.1 Å². The molecule has 1 heterocycles. The molecule has 5 heteroatoms. The highest BCUT2D eigenvalue weighted by molar-refractivity contribution is 5.94. The highest BCUT2D eigenvalue weighted by Crippen LogP contribution is 2.52. The summed E-state index contributed by atoms with van der Waals surface area (Å²) in [5, 5.41) is 3.06. The van der Waals surface area contributed by atoms with Crippen LogP contribution in [0.3, 0.4) is 0 Å². The lowest BCUT2D eigenvalue weighted by Gasteiger charge is -2.58. The minimum Gasteiger partial charge on any atom is -0.444 e. The first kappa shape index (κ1) is 17.8. The van der Waals surface area contributed by atoms with E-state index in [1.54, 1.807) is 4.90 Å². The summed E-state index contributed by atoms with van der Waals surface area (Å²) >= 11 is 0. The number of aryl methyl sites for hydroxylation is 1. The molecule has 0 aromatic heterocycles. The Kier molecular flexibility index (Phi) is 4.30. The summed E-state index contributed by atoms with van der Waals surface area (Å²) in [5.41, 5.74) is 2.85. The molecule has 0 bridgehead atoms. The molecule has 5 nitrogen and oxygen atoms in total. The normalized spacial score (nSPS) is 19.2. The van der Waals surface area contributed by atoms with Crippen molar-refractivity contribution >= 4 is 17.7 Å². The molecule has 1 saturated heterocycles. The van der Waals surface area contributed by atoms with E-state index in [9.17, 15) is 9.59 Å². The molecule has 3 rings (SSSR count). The van der Waals surface area contributed by atoms with Gasteiger partial charge >= 0.3 is 6.09 Å². The monoisotopic (exact) mass is 344 g/mol. The molecule has 1 aliphatic heterocycles. The summed E-state index contributed by atoms with van der Waals surface area (Å²) in [4.78, 5) is 26.2. The topological polar surface area (TPSA) is 58.6 Å². The number of rotatable bonds is 2. The lowest BCUT2D eigenvalue weighted by atomic mass is 9.57. The van der Waals surface area contributed by atoms with Gasteiger partial charge in [0.2, 0.25) is 5.91 Å². The minimum atomic E-state index is -0.465. The van der Waals surface area contributed by atoms with Crippen molar-refractivity contribution in [2.24, 2.45) is 11.3 Å². The first-order chi connectivity index (χ1) is 11.6. The fourth-order valence-electron chi connectivity index (χ4n) is 3.77. The fourth-order valence-corrected chi connectivity index (χ4v) is 3.77. The number of amides is 2. The molecule has 1 aliphatic carbocycles. The van der Waals surface area contributed by atoms with Crippen molar-refractivity contribution < 1.29 is 14.3 Å². The quantitative estimate of drug-likeness (QED) is 0.885. The van der Waals surface area contributed by atoms with Gasteiger partial charge in [0, 0.05) is 30.1 Å². The average Bonchev–Trinajstić information content (AvgIpc) is 2.38. The Morgan fingerprint density at radius 2 is 1.84 bits per heavy atom. The molecule has 2 fully saturated rings. The number of nitrogens with one attached hydrogen (secondary N) is 1. The minimum absolute atomic E-state index is 0.0423. The van der Waals surface area contributed by atoms with Crippen LogP contribution in [0.4, 0.5) is 10.5 Å². The Morgan fingerprint density at radius 3 is 2.44 bits per heavy atom. The van der Waals surface area contributed by atoms with Crippen molar-refractivity contribution in [3.8, 4) is 0 Å². The van der Waals surface area contributed by atoms with Crippen LogP contribution >= 0.6 is 0 Å². The van der Waals surface area contributed by atoms with Gasteiger partial charge in [0.25, 0.3) is 0 Å². The van der Waals surface area contributed by atoms with Crippen LogP contribution in [0.1, 0.15) is 44.7 Å². The molecule has 1 aromatic carbocycles. The molecular formula is C20H28N2O3. The summed E-state index contributed by atoms with van der Waals surface area (Å²) in [6.07, 6.45) is 1.45. The molecular weight excluding hydrogens is 316 g/mol. The van der Waals surface area contributed by atoms with Crippen molar-refractivity contribution in [1.82, 2.24) is 4.90 Å². The van der Waals surface area contributed by atoms with Crippen molar-refractivity contribution in [2.75, 3.05) is 18.4 Å². The van der Waals surface area contributed by atoms with E-state index in [1.165, 1.54) is 5.56 Å². The second kappa shape index (κ2) is 6.04. The van der Waals surface area contributed by atoms with E-state index in [0.29, 0.717) is 13.1 Å². The molecule has 136 valence electrons. The van der Waals surface area contributed by atoms with Crippen LogP contribution in [0, 0.1) is 25.2 Å². The Balaban J connectivity index is 1.48. The third kappa shape index (κ3) is 3.65. The first-order valence-electron chi connectivity index (χ1n) is 8.94. The van der Waals surface area contributed by atoms with Crippen LogP contribution < -0.4 is 5.32 Å². The van der Waals surface area contributed by atoms with Gasteiger partial charge in [0.1, 0.15) is 5.60 Å². The molecule has 1 saturated carbocycles. The first-order valence-corrected chi connectivity index (χ1v) is 8.94. The maximum atomic E-state index is 12.5. The number of anilines is 1. The molecule has 0 unspecified atom stereocenters. The standard InChI is InChI=1S/C20H28N2O3/c1-13-7-6-8-16(14(13)2)21-17(23)15-9-20(10-15)11-22(12-20)18(24)25-19(3,4)5/h6-8,15H,9-12H2,1-5H3,(H,21,23). The van der Waals surface area contributed by atoms with Crippen LogP contribution in [0.15, 0.2) is 18.2 Å². The lowest BCUT2D eigenvalue weighted by molar-refractivity contribution is -0.137. The molecule has 2 amide bonds. The number of nitrogens with zero attached hydrogens (tertiary/aromatic N) is 1. The van der Waals surface area contributed by atoms with E-state index in [1.807, 2.05) is 52.8 Å². The second-order valence-electron chi connectivity index (χ2n) is 8.68.